The smallest absolute Gasteiger partial charge is 0.259 e. The standard InChI is InChI=1S/C20H28N4O2.ClH/c1-12-11-21-7-8-24(12)19(25)14-9-15(13-5-6-13)22-18-17(14)16(23-26-18)10-20(2,3)4;/h9,12-13,21H,5-8,10-11H2,1-4H3;1H/t12-;/m0./s1. The minimum Gasteiger partial charge on any atom is -0.336 e. The number of hydrogen-bond donors (Lipinski definition) is 1. The first-order valence-electron chi connectivity index (χ1n) is 9.64. The second-order valence-corrected chi connectivity index (χ2v) is 8.97. The summed E-state index contributed by atoms with van der Waals surface area (Å²) in [6, 6.07) is 2.18. The minimum absolute atomic E-state index is 0. The van der Waals surface area contributed by atoms with Gasteiger partial charge in [-0.25, -0.2) is 4.98 Å². The molecule has 4 rings (SSSR count). The molecule has 1 saturated heterocycles. The molecule has 7 heteroatoms. The van der Waals surface area contributed by atoms with E-state index in [0.29, 0.717) is 17.2 Å². The number of piperazine rings is 1. The third kappa shape index (κ3) is 4.11. The number of aromatic nitrogens is 2. The van der Waals surface area contributed by atoms with Crippen molar-refractivity contribution in [2.24, 2.45) is 5.41 Å². The summed E-state index contributed by atoms with van der Waals surface area (Å²) >= 11 is 0. The number of carbonyl (C=O) groups is 1. The molecular formula is C20H29ClN4O2. The zero-order chi connectivity index (χ0) is 18.5. The Labute approximate surface area is 166 Å². The molecule has 1 saturated carbocycles. The molecule has 27 heavy (non-hydrogen) atoms. The van der Waals surface area contributed by atoms with Crippen LogP contribution in [0.15, 0.2) is 10.6 Å². The summed E-state index contributed by atoms with van der Waals surface area (Å²) in [6.07, 6.45) is 3.03. The Morgan fingerprint density at radius 3 is 2.74 bits per heavy atom. The van der Waals surface area contributed by atoms with Crippen LogP contribution < -0.4 is 5.32 Å². The van der Waals surface area contributed by atoms with Crippen LogP contribution >= 0.6 is 12.4 Å². The summed E-state index contributed by atoms with van der Waals surface area (Å²) < 4.78 is 5.57. The molecule has 0 bridgehead atoms. The highest BCUT2D eigenvalue weighted by molar-refractivity contribution is 6.06. The third-order valence-corrected chi connectivity index (χ3v) is 5.22. The molecule has 2 fully saturated rings. The normalized spacial score (nSPS) is 20.6. The number of hydrogen-bond acceptors (Lipinski definition) is 5. The first-order valence-corrected chi connectivity index (χ1v) is 9.64. The van der Waals surface area contributed by atoms with Crippen molar-refractivity contribution < 1.29 is 9.32 Å². The Kier molecular flexibility index (Phi) is 5.50. The molecule has 1 aliphatic heterocycles. The highest BCUT2D eigenvalue weighted by atomic mass is 35.5. The molecule has 2 aliphatic rings. The van der Waals surface area contributed by atoms with E-state index in [9.17, 15) is 4.79 Å². The van der Waals surface area contributed by atoms with Crippen LogP contribution in [0.1, 0.15) is 68.2 Å². The first kappa shape index (κ1) is 20.1. The molecule has 6 nitrogen and oxygen atoms in total. The minimum atomic E-state index is 0. The maximum Gasteiger partial charge on any atom is 0.259 e. The van der Waals surface area contributed by atoms with Crippen molar-refractivity contribution in [3.8, 4) is 0 Å². The Morgan fingerprint density at radius 1 is 1.37 bits per heavy atom. The fourth-order valence-corrected chi connectivity index (χ4v) is 3.71. The van der Waals surface area contributed by atoms with Gasteiger partial charge in [0.15, 0.2) is 0 Å². The van der Waals surface area contributed by atoms with E-state index in [4.69, 9.17) is 4.52 Å². The predicted octanol–water partition coefficient (Wildman–Crippen LogP) is 3.54. The van der Waals surface area contributed by atoms with Crippen LogP contribution in [0.2, 0.25) is 0 Å². The lowest BCUT2D eigenvalue weighted by atomic mass is 9.89. The SMILES string of the molecule is C[C@H]1CNCCN1C(=O)c1cc(C2CC2)nc2onc(CC(C)(C)C)c12.Cl. The van der Waals surface area contributed by atoms with Crippen LogP contribution in [-0.4, -0.2) is 46.6 Å². The molecule has 1 amide bonds. The maximum atomic E-state index is 13.4. The largest absolute Gasteiger partial charge is 0.336 e. The second-order valence-electron chi connectivity index (χ2n) is 8.97. The molecule has 1 atom stereocenters. The summed E-state index contributed by atoms with van der Waals surface area (Å²) in [5.74, 6) is 0.536. The van der Waals surface area contributed by atoms with E-state index in [-0.39, 0.29) is 29.8 Å². The van der Waals surface area contributed by atoms with Crippen LogP contribution in [0.3, 0.4) is 0 Å². The van der Waals surface area contributed by atoms with Gasteiger partial charge >= 0.3 is 0 Å². The second kappa shape index (κ2) is 7.40. The summed E-state index contributed by atoms with van der Waals surface area (Å²) in [6.45, 7) is 11.0. The number of amides is 1. The number of rotatable bonds is 3. The lowest BCUT2D eigenvalue weighted by Gasteiger charge is -2.34. The average Bonchev–Trinajstić information content (AvgIpc) is 3.36. The molecule has 1 aliphatic carbocycles. The number of halogens is 1. The van der Waals surface area contributed by atoms with Gasteiger partial charge in [0.1, 0.15) is 0 Å². The fraction of sp³-hybridized carbons (Fsp3) is 0.650. The van der Waals surface area contributed by atoms with Crippen LogP contribution in [0.25, 0.3) is 11.1 Å². The zero-order valence-corrected chi connectivity index (χ0v) is 17.4. The van der Waals surface area contributed by atoms with Gasteiger partial charge in [0.05, 0.1) is 16.6 Å². The topological polar surface area (TPSA) is 71.3 Å². The Balaban J connectivity index is 0.00000210. The van der Waals surface area contributed by atoms with Gasteiger partial charge in [-0.05, 0) is 37.7 Å². The molecule has 2 aromatic rings. The summed E-state index contributed by atoms with van der Waals surface area (Å²) in [5, 5.41) is 8.44. The summed E-state index contributed by atoms with van der Waals surface area (Å²) in [5.41, 5.74) is 3.10. The van der Waals surface area contributed by atoms with Crippen molar-refractivity contribution in [1.29, 1.82) is 0 Å². The molecule has 2 aromatic heterocycles. The van der Waals surface area contributed by atoms with Crippen molar-refractivity contribution >= 4 is 29.4 Å². The zero-order valence-electron chi connectivity index (χ0n) is 16.5. The number of nitrogens with one attached hydrogen (secondary N) is 1. The highest BCUT2D eigenvalue weighted by Gasteiger charge is 2.32. The van der Waals surface area contributed by atoms with Crippen LogP contribution in [0, 0.1) is 5.41 Å². The van der Waals surface area contributed by atoms with E-state index in [1.807, 2.05) is 11.0 Å². The molecule has 148 valence electrons. The van der Waals surface area contributed by atoms with Crippen LogP contribution in [-0.2, 0) is 6.42 Å². The molecule has 0 aromatic carbocycles. The summed E-state index contributed by atoms with van der Waals surface area (Å²) in [4.78, 5) is 20.1. The Hall–Kier alpha value is -1.66. The van der Waals surface area contributed by atoms with Crippen molar-refractivity contribution in [1.82, 2.24) is 20.4 Å². The van der Waals surface area contributed by atoms with Gasteiger partial charge in [-0.3, -0.25) is 4.79 Å². The fourth-order valence-electron chi connectivity index (χ4n) is 3.71. The predicted molar refractivity (Wildman–Crippen MR) is 108 cm³/mol. The Morgan fingerprint density at radius 2 is 2.11 bits per heavy atom. The molecule has 0 radical (unpaired) electrons. The van der Waals surface area contributed by atoms with Gasteiger partial charge in [0.25, 0.3) is 11.6 Å². The molecule has 0 spiro atoms. The van der Waals surface area contributed by atoms with E-state index >= 15 is 0 Å². The van der Waals surface area contributed by atoms with E-state index in [1.54, 1.807) is 0 Å². The van der Waals surface area contributed by atoms with Gasteiger partial charge < -0.3 is 14.7 Å². The number of nitrogens with zero attached hydrogens (tertiary/aromatic N) is 3. The van der Waals surface area contributed by atoms with Crippen LogP contribution in [0.4, 0.5) is 0 Å². The van der Waals surface area contributed by atoms with Crippen molar-refractivity contribution in [2.75, 3.05) is 19.6 Å². The number of pyridine rings is 1. The molecular weight excluding hydrogens is 364 g/mol. The number of carbonyl (C=O) groups excluding carboxylic acids is 1. The first-order chi connectivity index (χ1) is 12.3. The molecule has 3 heterocycles. The van der Waals surface area contributed by atoms with Gasteiger partial charge in [-0.15, -0.1) is 12.4 Å². The maximum absolute atomic E-state index is 13.4. The van der Waals surface area contributed by atoms with Gasteiger partial charge in [0.2, 0.25) is 0 Å². The molecule has 1 N–H and O–H groups in total. The van der Waals surface area contributed by atoms with Crippen molar-refractivity contribution in [3.05, 3.63) is 23.0 Å². The van der Waals surface area contributed by atoms with E-state index < -0.39 is 0 Å². The average molecular weight is 393 g/mol. The lowest BCUT2D eigenvalue weighted by Crippen LogP contribution is -2.52. The van der Waals surface area contributed by atoms with Gasteiger partial charge in [0, 0.05) is 37.3 Å². The van der Waals surface area contributed by atoms with E-state index in [0.717, 1.165) is 55.7 Å². The summed E-state index contributed by atoms with van der Waals surface area (Å²) in [7, 11) is 0. The number of fused-ring (bicyclic) bond motifs is 1. The van der Waals surface area contributed by atoms with Crippen molar-refractivity contribution in [3.63, 3.8) is 0 Å². The van der Waals surface area contributed by atoms with E-state index in [1.165, 1.54) is 0 Å². The van der Waals surface area contributed by atoms with Gasteiger partial charge in [-0.2, -0.15) is 0 Å². The van der Waals surface area contributed by atoms with Crippen molar-refractivity contribution in [2.45, 2.75) is 58.9 Å². The van der Waals surface area contributed by atoms with Gasteiger partial charge in [-0.1, -0.05) is 25.9 Å². The van der Waals surface area contributed by atoms with Crippen LogP contribution in [0.5, 0.6) is 0 Å². The lowest BCUT2D eigenvalue weighted by molar-refractivity contribution is 0.0657. The third-order valence-electron chi connectivity index (χ3n) is 5.22. The highest BCUT2D eigenvalue weighted by Crippen LogP contribution is 2.41. The van der Waals surface area contributed by atoms with E-state index in [2.05, 4.69) is 43.2 Å². The monoisotopic (exact) mass is 392 g/mol. The quantitative estimate of drug-likeness (QED) is 0.864. The molecule has 0 unspecified atom stereocenters. The Bertz CT molecular complexity index is 838.